The molecular weight excluding hydrogens is 378 g/mol. The van der Waals surface area contributed by atoms with Crippen LogP contribution in [0, 0.1) is 0 Å². The van der Waals surface area contributed by atoms with Gasteiger partial charge in [-0.2, -0.15) is 0 Å². The van der Waals surface area contributed by atoms with E-state index in [-0.39, 0.29) is 0 Å². The number of unbranched alkanes of at least 4 members (excludes halogenated alkanes) is 2. The van der Waals surface area contributed by atoms with Crippen LogP contribution in [0.15, 0.2) is 48.5 Å². The fourth-order valence-corrected chi connectivity index (χ4v) is 3.97. The minimum absolute atomic E-state index is 0.779. The molecule has 0 radical (unpaired) electrons. The summed E-state index contributed by atoms with van der Waals surface area (Å²) in [5, 5.41) is 0.779. The number of imidazole rings is 1. The second-order valence-corrected chi connectivity index (χ2v) is 8.31. The van der Waals surface area contributed by atoms with Gasteiger partial charge in [0.1, 0.15) is 5.82 Å². The second kappa shape index (κ2) is 11.4. The van der Waals surface area contributed by atoms with E-state index in [0.717, 1.165) is 42.3 Å². The number of aryl methyl sites for hydroxylation is 1. The van der Waals surface area contributed by atoms with Gasteiger partial charge in [-0.1, -0.05) is 62.6 Å². The molecule has 2 aromatic carbocycles. The predicted octanol–water partition coefficient (Wildman–Crippen LogP) is 6.57. The van der Waals surface area contributed by atoms with E-state index in [9.17, 15) is 0 Å². The standard InChI is InChI=1S/C25H34ClN3/c1-3-5-16-28(17-6-4-2)18-9-19-29-24-11-8-7-10-23(24)27-25(29)20-21-12-14-22(26)15-13-21/h7-8,10-15H,3-6,9,16-20H2,1-2H3. The van der Waals surface area contributed by atoms with Gasteiger partial charge in [-0.15, -0.1) is 0 Å². The van der Waals surface area contributed by atoms with Gasteiger partial charge >= 0.3 is 0 Å². The van der Waals surface area contributed by atoms with Crippen LogP contribution in [0.1, 0.15) is 57.3 Å². The summed E-state index contributed by atoms with van der Waals surface area (Å²) in [6.45, 7) is 9.17. The summed E-state index contributed by atoms with van der Waals surface area (Å²) in [6.07, 6.45) is 7.10. The highest BCUT2D eigenvalue weighted by atomic mass is 35.5. The van der Waals surface area contributed by atoms with Gasteiger partial charge in [0.2, 0.25) is 0 Å². The molecule has 0 amide bonds. The molecule has 0 aliphatic heterocycles. The van der Waals surface area contributed by atoms with Crippen LogP contribution in [0.2, 0.25) is 5.02 Å². The fourth-order valence-electron chi connectivity index (χ4n) is 3.85. The molecule has 156 valence electrons. The van der Waals surface area contributed by atoms with Crippen molar-refractivity contribution in [3.05, 3.63) is 64.9 Å². The van der Waals surface area contributed by atoms with E-state index in [1.807, 2.05) is 12.1 Å². The third kappa shape index (κ3) is 6.32. The first-order chi connectivity index (χ1) is 14.2. The first-order valence-electron chi connectivity index (χ1n) is 11.1. The Morgan fingerprint density at radius 1 is 0.862 bits per heavy atom. The maximum absolute atomic E-state index is 6.06. The average Bonchev–Trinajstić information content (AvgIpc) is 3.08. The summed E-state index contributed by atoms with van der Waals surface area (Å²) >= 11 is 6.06. The molecule has 0 bridgehead atoms. The van der Waals surface area contributed by atoms with E-state index in [2.05, 4.69) is 59.7 Å². The Bertz CT molecular complexity index is 861. The Balaban J connectivity index is 1.72. The minimum atomic E-state index is 0.779. The first-order valence-corrected chi connectivity index (χ1v) is 11.5. The first kappa shape index (κ1) is 21.9. The van der Waals surface area contributed by atoms with Crippen molar-refractivity contribution in [2.45, 2.75) is 58.9 Å². The molecule has 0 saturated carbocycles. The maximum Gasteiger partial charge on any atom is 0.114 e. The van der Waals surface area contributed by atoms with Crippen LogP contribution < -0.4 is 0 Å². The van der Waals surface area contributed by atoms with Gasteiger partial charge in [0, 0.05) is 18.0 Å². The smallest absolute Gasteiger partial charge is 0.114 e. The van der Waals surface area contributed by atoms with Crippen LogP contribution in [-0.2, 0) is 13.0 Å². The summed E-state index contributed by atoms with van der Waals surface area (Å²) in [5.74, 6) is 1.14. The predicted molar refractivity (Wildman–Crippen MR) is 125 cm³/mol. The Hall–Kier alpha value is -1.84. The van der Waals surface area contributed by atoms with Crippen molar-refractivity contribution in [2.24, 2.45) is 0 Å². The van der Waals surface area contributed by atoms with E-state index in [0.29, 0.717) is 0 Å². The molecule has 3 aromatic rings. The van der Waals surface area contributed by atoms with Crippen molar-refractivity contribution in [2.75, 3.05) is 19.6 Å². The lowest BCUT2D eigenvalue weighted by Gasteiger charge is -2.22. The van der Waals surface area contributed by atoms with Crippen molar-refractivity contribution in [1.82, 2.24) is 14.5 Å². The van der Waals surface area contributed by atoms with Crippen LogP contribution in [0.3, 0.4) is 0 Å². The van der Waals surface area contributed by atoms with Crippen LogP contribution >= 0.6 is 11.6 Å². The van der Waals surface area contributed by atoms with E-state index in [4.69, 9.17) is 16.6 Å². The number of hydrogen-bond acceptors (Lipinski definition) is 2. The molecule has 0 unspecified atom stereocenters. The van der Waals surface area contributed by atoms with Gasteiger partial charge in [0.15, 0.2) is 0 Å². The van der Waals surface area contributed by atoms with E-state index >= 15 is 0 Å². The quantitative estimate of drug-likeness (QED) is 0.336. The number of nitrogens with zero attached hydrogens (tertiary/aromatic N) is 3. The molecule has 0 aliphatic rings. The van der Waals surface area contributed by atoms with E-state index in [1.165, 1.54) is 49.9 Å². The molecule has 0 fully saturated rings. The lowest BCUT2D eigenvalue weighted by atomic mass is 10.1. The largest absolute Gasteiger partial charge is 0.328 e. The summed E-state index contributed by atoms with van der Waals surface area (Å²) < 4.78 is 2.42. The van der Waals surface area contributed by atoms with Crippen LogP contribution in [0.25, 0.3) is 11.0 Å². The van der Waals surface area contributed by atoms with Gasteiger partial charge in [-0.05, 0) is 68.7 Å². The number of para-hydroxylation sites is 2. The van der Waals surface area contributed by atoms with Gasteiger partial charge < -0.3 is 9.47 Å². The number of halogens is 1. The minimum Gasteiger partial charge on any atom is -0.328 e. The summed E-state index contributed by atoms with van der Waals surface area (Å²) in [4.78, 5) is 7.59. The Morgan fingerprint density at radius 3 is 2.21 bits per heavy atom. The normalized spacial score (nSPS) is 11.6. The molecule has 3 nitrogen and oxygen atoms in total. The van der Waals surface area contributed by atoms with Crippen LogP contribution in [0.5, 0.6) is 0 Å². The van der Waals surface area contributed by atoms with Gasteiger partial charge in [-0.25, -0.2) is 4.98 Å². The van der Waals surface area contributed by atoms with Crippen molar-refractivity contribution < 1.29 is 0 Å². The molecule has 0 aliphatic carbocycles. The zero-order chi connectivity index (χ0) is 20.5. The fraction of sp³-hybridized carbons (Fsp3) is 0.480. The summed E-state index contributed by atoms with van der Waals surface area (Å²) in [7, 11) is 0. The van der Waals surface area contributed by atoms with Crippen molar-refractivity contribution in [3.8, 4) is 0 Å². The van der Waals surface area contributed by atoms with Gasteiger partial charge in [0.25, 0.3) is 0 Å². The molecule has 3 rings (SSSR count). The average molecular weight is 412 g/mol. The molecular formula is C25H34ClN3. The highest BCUT2D eigenvalue weighted by Gasteiger charge is 2.12. The van der Waals surface area contributed by atoms with Crippen molar-refractivity contribution in [3.63, 3.8) is 0 Å². The molecule has 1 heterocycles. The second-order valence-electron chi connectivity index (χ2n) is 7.87. The van der Waals surface area contributed by atoms with E-state index < -0.39 is 0 Å². The van der Waals surface area contributed by atoms with Gasteiger partial charge in [-0.3, -0.25) is 0 Å². The van der Waals surface area contributed by atoms with Crippen LogP contribution in [-0.4, -0.2) is 34.1 Å². The molecule has 0 atom stereocenters. The number of aromatic nitrogens is 2. The SMILES string of the molecule is CCCCN(CCCC)CCCn1c(Cc2ccc(Cl)cc2)nc2ccccc21. The Labute approximate surface area is 180 Å². The zero-order valence-electron chi connectivity index (χ0n) is 17.9. The molecule has 4 heteroatoms. The third-order valence-electron chi connectivity index (χ3n) is 5.52. The van der Waals surface area contributed by atoms with E-state index in [1.54, 1.807) is 0 Å². The Kier molecular flexibility index (Phi) is 8.57. The number of benzene rings is 2. The number of fused-ring (bicyclic) bond motifs is 1. The maximum atomic E-state index is 6.06. The molecule has 1 aromatic heterocycles. The highest BCUT2D eigenvalue weighted by Crippen LogP contribution is 2.20. The highest BCUT2D eigenvalue weighted by molar-refractivity contribution is 6.30. The number of rotatable bonds is 12. The van der Waals surface area contributed by atoms with Crippen molar-refractivity contribution in [1.29, 1.82) is 0 Å². The van der Waals surface area contributed by atoms with Crippen molar-refractivity contribution >= 4 is 22.6 Å². The summed E-state index contributed by atoms with van der Waals surface area (Å²) in [5.41, 5.74) is 3.58. The van der Waals surface area contributed by atoms with Crippen LogP contribution in [0.4, 0.5) is 0 Å². The topological polar surface area (TPSA) is 21.1 Å². The molecule has 0 spiro atoms. The molecule has 29 heavy (non-hydrogen) atoms. The lowest BCUT2D eigenvalue weighted by molar-refractivity contribution is 0.257. The molecule has 0 saturated heterocycles. The lowest BCUT2D eigenvalue weighted by Crippen LogP contribution is -2.28. The Morgan fingerprint density at radius 2 is 1.52 bits per heavy atom. The van der Waals surface area contributed by atoms with Gasteiger partial charge in [0.05, 0.1) is 11.0 Å². The number of hydrogen-bond donors (Lipinski definition) is 0. The summed E-state index contributed by atoms with van der Waals surface area (Å²) in [6, 6.07) is 16.6. The molecule has 0 N–H and O–H groups in total. The monoisotopic (exact) mass is 411 g/mol. The third-order valence-corrected chi connectivity index (χ3v) is 5.77. The zero-order valence-corrected chi connectivity index (χ0v) is 18.7.